The number of halogens is 1. The van der Waals surface area contributed by atoms with Gasteiger partial charge in [-0.1, -0.05) is 43.1 Å². The molecule has 0 atom stereocenters. The fourth-order valence-electron chi connectivity index (χ4n) is 1.94. The summed E-state index contributed by atoms with van der Waals surface area (Å²) in [5.74, 6) is -0.0555. The molecule has 21 heavy (non-hydrogen) atoms. The summed E-state index contributed by atoms with van der Waals surface area (Å²) in [4.78, 5) is 25.0. The predicted octanol–water partition coefficient (Wildman–Crippen LogP) is 2.99. The topological polar surface area (TPSA) is 49.4 Å². The van der Waals surface area contributed by atoms with Crippen LogP contribution in [0, 0.1) is 0 Å². The van der Waals surface area contributed by atoms with Crippen LogP contribution in [0.3, 0.4) is 0 Å². The van der Waals surface area contributed by atoms with E-state index in [0.29, 0.717) is 31.1 Å². The van der Waals surface area contributed by atoms with Gasteiger partial charge in [0, 0.05) is 38.0 Å². The molecule has 0 aliphatic carbocycles. The average Bonchev–Trinajstić information content (AvgIpc) is 2.46. The predicted molar refractivity (Wildman–Crippen MR) is 85.1 cm³/mol. The summed E-state index contributed by atoms with van der Waals surface area (Å²) >= 11 is 6.03. The smallest absolute Gasteiger partial charge is 0.222 e. The summed E-state index contributed by atoms with van der Waals surface area (Å²) in [7, 11) is 0. The van der Waals surface area contributed by atoms with E-state index in [1.54, 1.807) is 11.0 Å². The van der Waals surface area contributed by atoms with Crippen molar-refractivity contribution in [3.8, 4) is 0 Å². The standard InChI is InChI=1S/C16H23ClN2O2/c1-3-4-10-19(13(2)20)11-9-16(21)18-12-14-7-5-6-8-15(14)17/h5-8H,3-4,9-12H2,1-2H3,(H,18,21). The molecule has 116 valence electrons. The van der Waals surface area contributed by atoms with E-state index in [9.17, 15) is 9.59 Å². The molecular weight excluding hydrogens is 288 g/mol. The van der Waals surface area contributed by atoms with Gasteiger partial charge in [0.05, 0.1) is 0 Å². The average molecular weight is 311 g/mol. The Morgan fingerprint density at radius 1 is 1.24 bits per heavy atom. The van der Waals surface area contributed by atoms with Crippen molar-refractivity contribution in [1.82, 2.24) is 10.2 Å². The zero-order valence-electron chi connectivity index (χ0n) is 12.7. The van der Waals surface area contributed by atoms with Crippen LogP contribution in [0.4, 0.5) is 0 Å². The van der Waals surface area contributed by atoms with Gasteiger partial charge >= 0.3 is 0 Å². The second-order valence-electron chi connectivity index (χ2n) is 4.98. The summed E-state index contributed by atoms with van der Waals surface area (Å²) in [5, 5.41) is 3.47. The number of unbranched alkanes of at least 4 members (excludes halogenated alkanes) is 1. The van der Waals surface area contributed by atoms with Gasteiger partial charge in [0.1, 0.15) is 0 Å². The SMILES string of the molecule is CCCCN(CCC(=O)NCc1ccccc1Cl)C(C)=O. The van der Waals surface area contributed by atoms with Crippen molar-refractivity contribution >= 4 is 23.4 Å². The fourth-order valence-corrected chi connectivity index (χ4v) is 2.14. The number of nitrogens with zero attached hydrogens (tertiary/aromatic N) is 1. The van der Waals surface area contributed by atoms with Crippen molar-refractivity contribution in [2.24, 2.45) is 0 Å². The molecule has 0 unspecified atom stereocenters. The fraction of sp³-hybridized carbons (Fsp3) is 0.500. The Hall–Kier alpha value is -1.55. The number of hydrogen-bond donors (Lipinski definition) is 1. The van der Waals surface area contributed by atoms with Crippen LogP contribution in [0.5, 0.6) is 0 Å². The van der Waals surface area contributed by atoms with Crippen molar-refractivity contribution < 1.29 is 9.59 Å². The molecule has 1 N–H and O–H groups in total. The molecule has 0 aliphatic rings. The number of rotatable bonds is 8. The van der Waals surface area contributed by atoms with E-state index in [1.165, 1.54) is 6.92 Å². The largest absolute Gasteiger partial charge is 0.352 e. The van der Waals surface area contributed by atoms with E-state index >= 15 is 0 Å². The first-order chi connectivity index (χ1) is 10.0. The van der Waals surface area contributed by atoms with Gasteiger partial charge in [-0.2, -0.15) is 0 Å². The third-order valence-corrected chi connectivity index (χ3v) is 3.64. The van der Waals surface area contributed by atoms with Crippen LogP contribution in [-0.4, -0.2) is 29.8 Å². The first-order valence-corrected chi connectivity index (χ1v) is 7.68. The Morgan fingerprint density at radius 3 is 2.57 bits per heavy atom. The Morgan fingerprint density at radius 2 is 1.95 bits per heavy atom. The lowest BCUT2D eigenvalue weighted by atomic mass is 10.2. The van der Waals surface area contributed by atoms with Crippen molar-refractivity contribution in [3.63, 3.8) is 0 Å². The Kier molecular flexibility index (Phi) is 7.83. The van der Waals surface area contributed by atoms with Gasteiger partial charge in [-0.25, -0.2) is 0 Å². The van der Waals surface area contributed by atoms with Crippen molar-refractivity contribution in [3.05, 3.63) is 34.9 Å². The van der Waals surface area contributed by atoms with Crippen LogP contribution < -0.4 is 5.32 Å². The van der Waals surface area contributed by atoms with Gasteiger partial charge < -0.3 is 10.2 Å². The van der Waals surface area contributed by atoms with E-state index in [1.807, 2.05) is 18.2 Å². The second-order valence-corrected chi connectivity index (χ2v) is 5.38. The van der Waals surface area contributed by atoms with Crippen molar-refractivity contribution in [1.29, 1.82) is 0 Å². The summed E-state index contributed by atoms with van der Waals surface area (Å²) < 4.78 is 0. The van der Waals surface area contributed by atoms with E-state index in [-0.39, 0.29) is 11.8 Å². The summed E-state index contributed by atoms with van der Waals surface area (Å²) in [6.07, 6.45) is 2.30. The van der Waals surface area contributed by atoms with Crippen LogP contribution in [0.25, 0.3) is 0 Å². The molecule has 0 heterocycles. The first kappa shape index (κ1) is 17.5. The minimum atomic E-state index is -0.0716. The molecule has 2 amide bonds. The number of carbonyl (C=O) groups excluding carboxylic acids is 2. The van der Waals surface area contributed by atoms with Gasteiger partial charge in [-0.05, 0) is 18.1 Å². The molecular formula is C16H23ClN2O2. The number of amides is 2. The molecule has 1 aromatic rings. The molecule has 0 bridgehead atoms. The van der Waals surface area contributed by atoms with E-state index in [0.717, 1.165) is 18.4 Å². The van der Waals surface area contributed by atoms with Crippen LogP contribution in [-0.2, 0) is 16.1 Å². The van der Waals surface area contributed by atoms with E-state index in [4.69, 9.17) is 11.6 Å². The van der Waals surface area contributed by atoms with Gasteiger partial charge in [0.2, 0.25) is 11.8 Å². The summed E-state index contributed by atoms with van der Waals surface area (Å²) in [5.41, 5.74) is 0.891. The van der Waals surface area contributed by atoms with Gasteiger partial charge in [0.25, 0.3) is 0 Å². The maximum absolute atomic E-state index is 11.8. The highest BCUT2D eigenvalue weighted by molar-refractivity contribution is 6.31. The number of benzene rings is 1. The molecule has 0 spiro atoms. The minimum Gasteiger partial charge on any atom is -0.352 e. The lowest BCUT2D eigenvalue weighted by Gasteiger charge is -2.20. The highest BCUT2D eigenvalue weighted by atomic mass is 35.5. The summed E-state index contributed by atoms with van der Waals surface area (Å²) in [6.45, 7) is 5.20. The normalized spacial score (nSPS) is 10.2. The number of hydrogen-bond acceptors (Lipinski definition) is 2. The van der Waals surface area contributed by atoms with E-state index < -0.39 is 0 Å². The van der Waals surface area contributed by atoms with Crippen molar-refractivity contribution in [2.45, 2.75) is 39.7 Å². The Bertz CT molecular complexity index is 477. The Balaban J connectivity index is 2.36. The number of nitrogens with one attached hydrogen (secondary N) is 1. The lowest BCUT2D eigenvalue weighted by molar-refractivity contribution is -0.129. The molecule has 0 radical (unpaired) electrons. The number of carbonyl (C=O) groups is 2. The van der Waals surface area contributed by atoms with E-state index in [2.05, 4.69) is 12.2 Å². The second kappa shape index (κ2) is 9.40. The molecule has 0 fully saturated rings. The van der Waals surface area contributed by atoms with Gasteiger partial charge in [-0.3, -0.25) is 9.59 Å². The zero-order chi connectivity index (χ0) is 15.7. The monoisotopic (exact) mass is 310 g/mol. The maximum Gasteiger partial charge on any atom is 0.222 e. The molecule has 1 aromatic carbocycles. The lowest BCUT2D eigenvalue weighted by Crippen LogP contribution is -2.34. The highest BCUT2D eigenvalue weighted by Gasteiger charge is 2.10. The van der Waals surface area contributed by atoms with Crippen LogP contribution in [0.1, 0.15) is 38.7 Å². The molecule has 0 aromatic heterocycles. The molecule has 5 heteroatoms. The quantitative estimate of drug-likeness (QED) is 0.802. The molecule has 4 nitrogen and oxygen atoms in total. The van der Waals surface area contributed by atoms with Crippen molar-refractivity contribution in [2.75, 3.05) is 13.1 Å². The van der Waals surface area contributed by atoms with Gasteiger partial charge in [0.15, 0.2) is 0 Å². The molecule has 0 aliphatic heterocycles. The highest BCUT2D eigenvalue weighted by Crippen LogP contribution is 2.14. The third kappa shape index (κ3) is 6.63. The van der Waals surface area contributed by atoms with Crippen LogP contribution in [0.2, 0.25) is 5.02 Å². The molecule has 0 saturated heterocycles. The van der Waals surface area contributed by atoms with Crippen LogP contribution in [0.15, 0.2) is 24.3 Å². The van der Waals surface area contributed by atoms with Gasteiger partial charge in [-0.15, -0.1) is 0 Å². The minimum absolute atomic E-state index is 0.0161. The maximum atomic E-state index is 11.8. The first-order valence-electron chi connectivity index (χ1n) is 7.30. The molecule has 0 saturated carbocycles. The zero-order valence-corrected chi connectivity index (χ0v) is 13.4. The summed E-state index contributed by atoms with van der Waals surface area (Å²) in [6, 6.07) is 7.42. The Labute approximate surface area is 131 Å². The molecule has 1 rings (SSSR count). The third-order valence-electron chi connectivity index (χ3n) is 3.27. The van der Waals surface area contributed by atoms with Crippen LogP contribution >= 0.6 is 11.6 Å².